The van der Waals surface area contributed by atoms with E-state index in [-0.39, 0.29) is 12.4 Å². The number of hydrogen-bond acceptors (Lipinski definition) is 2. The topological polar surface area (TPSA) is 46.2 Å². The molecular weight excluding hydrogens is 157 g/mol. The molecule has 0 radical (unpaired) electrons. The van der Waals surface area contributed by atoms with Gasteiger partial charge < -0.3 is 10.8 Å². The molecule has 1 atom stereocenters. The number of hydrogen-bond donors (Lipinski definition) is 2. The first-order chi connectivity index (χ1) is 5.65. The zero-order valence-electron chi connectivity index (χ0n) is 6.92. The smallest absolute Gasteiger partial charge is 0.123 e. The van der Waals surface area contributed by atoms with Gasteiger partial charge in [-0.05, 0) is 30.2 Å². The predicted octanol–water partition coefficient (Wildman–Crippen LogP) is 1.13. The fourth-order valence-corrected chi connectivity index (χ4v) is 1.14. The van der Waals surface area contributed by atoms with Crippen molar-refractivity contribution in [3.05, 3.63) is 35.1 Å². The van der Waals surface area contributed by atoms with E-state index in [0.717, 1.165) is 5.56 Å². The highest BCUT2D eigenvalue weighted by Crippen LogP contribution is 2.17. The molecule has 1 unspecified atom stereocenters. The third kappa shape index (κ3) is 1.81. The first-order valence-electron chi connectivity index (χ1n) is 3.79. The summed E-state index contributed by atoms with van der Waals surface area (Å²) in [6.45, 7) is 1.91. The molecule has 2 nitrogen and oxygen atoms in total. The molecule has 0 aliphatic carbocycles. The van der Waals surface area contributed by atoms with Gasteiger partial charge in [-0.1, -0.05) is 6.07 Å². The Bertz CT molecular complexity index is 275. The molecule has 12 heavy (non-hydrogen) atoms. The maximum atomic E-state index is 12.6. The highest BCUT2D eigenvalue weighted by Gasteiger charge is 2.07. The van der Waals surface area contributed by atoms with Gasteiger partial charge in [0, 0.05) is 6.54 Å². The van der Waals surface area contributed by atoms with Crippen LogP contribution >= 0.6 is 0 Å². The Hall–Kier alpha value is -0.930. The number of aryl methyl sites for hydroxylation is 1. The van der Waals surface area contributed by atoms with Gasteiger partial charge in [-0.15, -0.1) is 0 Å². The van der Waals surface area contributed by atoms with Gasteiger partial charge in [0.15, 0.2) is 0 Å². The fourth-order valence-electron chi connectivity index (χ4n) is 1.14. The zero-order chi connectivity index (χ0) is 9.14. The highest BCUT2D eigenvalue weighted by atomic mass is 19.1. The molecule has 0 aliphatic rings. The van der Waals surface area contributed by atoms with Crippen LogP contribution in [0.15, 0.2) is 18.2 Å². The minimum atomic E-state index is -0.689. The van der Waals surface area contributed by atoms with Crippen molar-refractivity contribution in [1.29, 1.82) is 0 Å². The van der Waals surface area contributed by atoms with Gasteiger partial charge in [0.05, 0.1) is 6.10 Å². The van der Waals surface area contributed by atoms with E-state index >= 15 is 0 Å². The molecule has 3 N–H and O–H groups in total. The summed E-state index contributed by atoms with van der Waals surface area (Å²) in [5, 5.41) is 9.35. The van der Waals surface area contributed by atoms with Crippen LogP contribution in [0.4, 0.5) is 4.39 Å². The Morgan fingerprint density at radius 3 is 2.75 bits per heavy atom. The Labute approximate surface area is 70.8 Å². The monoisotopic (exact) mass is 169 g/mol. The van der Waals surface area contributed by atoms with Gasteiger partial charge in [0.25, 0.3) is 0 Å². The van der Waals surface area contributed by atoms with Gasteiger partial charge >= 0.3 is 0 Å². The Balaban J connectivity index is 3.01. The number of rotatable bonds is 2. The van der Waals surface area contributed by atoms with E-state index in [2.05, 4.69) is 0 Å². The molecule has 0 aromatic heterocycles. The van der Waals surface area contributed by atoms with Gasteiger partial charge in [-0.3, -0.25) is 0 Å². The highest BCUT2D eigenvalue weighted by molar-refractivity contribution is 5.28. The average molecular weight is 169 g/mol. The molecule has 1 aromatic carbocycles. The van der Waals surface area contributed by atoms with Gasteiger partial charge in [-0.25, -0.2) is 4.39 Å². The second kappa shape index (κ2) is 3.65. The van der Waals surface area contributed by atoms with Crippen LogP contribution in [0.5, 0.6) is 0 Å². The third-order valence-corrected chi connectivity index (χ3v) is 1.81. The lowest BCUT2D eigenvalue weighted by molar-refractivity contribution is 0.186. The van der Waals surface area contributed by atoms with E-state index in [9.17, 15) is 9.50 Å². The molecule has 0 saturated heterocycles. The van der Waals surface area contributed by atoms with E-state index in [1.165, 1.54) is 12.1 Å². The predicted molar refractivity (Wildman–Crippen MR) is 45.2 cm³/mol. The standard InChI is InChI=1S/C9H12FNO/c1-6-4-7(10)2-3-8(6)9(12)5-11/h2-4,9,12H,5,11H2,1H3. The third-order valence-electron chi connectivity index (χ3n) is 1.81. The lowest BCUT2D eigenvalue weighted by Crippen LogP contribution is -2.12. The van der Waals surface area contributed by atoms with Crippen LogP contribution in [0.25, 0.3) is 0 Å². The normalized spacial score (nSPS) is 13.0. The van der Waals surface area contributed by atoms with Gasteiger partial charge in [0.2, 0.25) is 0 Å². The number of nitrogens with two attached hydrogens (primary N) is 1. The number of benzene rings is 1. The van der Waals surface area contributed by atoms with Crippen LogP contribution in [0.2, 0.25) is 0 Å². The first kappa shape index (κ1) is 9.16. The lowest BCUT2D eigenvalue weighted by Gasteiger charge is -2.10. The summed E-state index contributed by atoms with van der Waals surface area (Å²) in [5.41, 5.74) is 6.69. The summed E-state index contributed by atoms with van der Waals surface area (Å²) in [5.74, 6) is -0.291. The summed E-state index contributed by atoms with van der Waals surface area (Å²) >= 11 is 0. The van der Waals surface area contributed by atoms with Crippen LogP contribution in [-0.2, 0) is 0 Å². The second-order valence-corrected chi connectivity index (χ2v) is 2.75. The number of halogens is 1. The van der Waals surface area contributed by atoms with Crippen LogP contribution in [0.3, 0.4) is 0 Å². The fraction of sp³-hybridized carbons (Fsp3) is 0.333. The maximum absolute atomic E-state index is 12.6. The van der Waals surface area contributed by atoms with Crippen LogP contribution in [-0.4, -0.2) is 11.7 Å². The van der Waals surface area contributed by atoms with Crippen LogP contribution in [0, 0.1) is 12.7 Å². The average Bonchev–Trinajstić information content (AvgIpc) is 2.03. The molecule has 3 heteroatoms. The van der Waals surface area contributed by atoms with Gasteiger partial charge in [-0.2, -0.15) is 0 Å². The van der Waals surface area contributed by atoms with E-state index in [0.29, 0.717) is 5.56 Å². The molecule has 0 fully saturated rings. The zero-order valence-corrected chi connectivity index (χ0v) is 6.92. The molecule has 0 saturated carbocycles. The maximum Gasteiger partial charge on any atom is 0.123 e. The Morgan fingerprint density at radius 1 is 1.58 bits per heavy atom. The molecule has 0 amide bonds. The summed E-state index contributed by atoms with van der Waals surface area (Å²) in [7, 11) is 0. The van der Waals surface area contributed by atoms with Crippen molar-refractivity contribution in [2.45, 2.75) is 13.0 Å². The van der Waals surface area contributed by atoms with Crippen molar-refractivity contribution in [2.75, 3.05) is 6.54 Å². The summed E-state index contributed by atoms with van der Waals surface area (Å²) in [6.07, 6.45) is -0.689. The van der Waals surface area contributed by atoms with E-state index in [4.69, 9.17) is 5.73 Å². The van der Waals surface area contributed by atoms with E-state index in [1.54, 1.807) is 13.0 Å². The van der Waals surface area contributed by atoms with Crippen LogP contribution in [0.1, 0.15) is 17.2 Å². The Kier molecular flexibility index (Phi) is 2.78. The molecule has 0 heterocycles. The Morgan fingerprint density at radius 2 is 2.25 bits per heavy atom. The summed E-state index contributed by atoms with van der Waals surface area (Å²) < 4.78 is 12.6. The molecule has 1 aromatic rings. The van der Waals surface area contributed by atoms with Crippen LogP contribution < -0.4 is 5.73 Å². The van der Waals surface area contributed by atoms with Gasteiger partial charge in [0.1, 0.15) is 5.82 Å². The molecule has 0 spiro atoms. The van der Waals surface area contributed by atoms with Crippen molar-refractivity contribution >= 4 is 0 Å². The van der Waals surface area contributed by atoms with Crippen molar-refractivity contribution < 1.29 is 9.50 Å². The molecule has 1 rings (SSSR count). The minimum absolute atomic E-state index is 0.159. The largest absolute Gasteiger partial charge is 0.387 e. The minimum Gasteiger partial charge on any atom is -0.387 e. The number of aliphatic hydroxyl groups is 1. The first-order valence-corrected chi connectivity index (χ1v) is 3.79. The van der Waals surface area contributed by atoms with Crippen molar-refractivity contribution in [2.24, 2.45) is 5.73 Å². The summed E-state index contributed by atoms with van der Waals surface area (Å²) in [6, 6.07) is 4.26. The number of aliphatic hydroxyl groups excluding tert-OH is 1. The van der Waals surface area contributed by atoms with Crippen molar-refractivity contribution in [1.82, 2.24) is 0 Å². The van der Waals surface area contributed by atoms with Crippen molar-refractivity contribution in [3.8, 4) is 0 Å². The summed E-state index contributed by atoms with van der Waals surface area (Å²) in [4.78, 5) is 0. The molecule has 0 bridgehead atoms. The van der Waals surface area contributed by atoms with E-state index < -0.39 is 6.10 Å². The molecule has 66 valence electrons. The van der Waals surface area contributed by atoms with Crippen molar-refractivity contribution in [3.63, 3.8) is 0 Å². The SMILES string of the molecule is Cc1cc(F)ccc1C(O)CN. The quantitative estimate of drug-likeness (QED) is 0.697. The molecular formula is C9H12FNO. The molecule has 0 aliphatic heterocycles. The lowest BCUT2D eigenvalue weighted by atomic mass is 10.0. The van der Waals surface area contributed by atoms with E-state index in [1.807, 2.05) is 0 Å². The second-order valence-electron chi connectivity index (χ2n) is 2.75.